The van der Waals surface area contributed by atoms with E-state index in [1.807, 2.05) is 38.1 Å². The van der Waals surface area contributed by atoms with Gasteiger partial charge in [0.25, 0.3) is 0 Å². The third-order valence-electron chi connectivity index (χ3n) is 3.50. The Kier molecular flexibility index (Phi) is 5.52. The summed E-state index contributed by atoms with van der Waals surface area (Å²) in [4.78, 5) is 0.674. The van der Waals surface area contributed by atoms with E-state index in [1.54, 1.807) is 28.6 Å². The summed E-state index contributed by atoms with van der Waals surface area (Å²) in [6.07, 6.45) is 0. The number of para-hydroxylation sites is 1. The van der Waals surface area contributed by atoms with Crippen LogP contribution in [0.2, 0.25) is 0 Å². The normalized spacial score (nSPS) is 11.0. The molecule has 3 aromatic rings. The van der Waals surface area contributed by atoms with Gasteiger partial charge >= 0.3 is 0 Å². The molecule has 0 radical (unpaired) electrons. The zero-order valence-electron chi connectivity index (χ0n) is 13.4. The zero-order valence-corrected chi connectivity index (χ0v) is 15.1. The first-order chi connectivity index (χ1) is 11.7. The lowest BCUT2D eigenvalue weighted by Gasteiger charge is -2.10. The van der Waals surface area contributed by atoms with Crippen LogP contribution in [0.4, 0.5) is 4.39 Å². The Morgan fingerprint density at radius 3 is 2.42 bits per heavy atom. The molecule has 0 unspecified atom stereocenters. The van der Waals surface area contributed by atoms with Gasteiger partial charge in [-0.2, -0.15) is 4.68 Å². The van der Waals surface area contributed by atoms with Crippen LogP contribution < -0.4 is 0 Å². The Morgan fingerprint density at radius 2 is 1.67 bits per heavy atom. The molecule has 24 heavy (non-hydrogen) atoms. The molecule has 124 valence electrons. The van der Waals surface area contributed by atoms with Gasteiger partial charge in [-0.15, -0.1) is 16.9 Å². The van der Waals surface area contributed by atoms with Gasteiger partial charge in [0.15, 0.2) is 0 Å². The predicted octanol–water partition coefficient (Wildman–Crippen LogP) is 4.30. The van der Waals surface area contributed by atoms with Crippen molar-refractivity contribution in [3.8, 4) is 5.69 Å². The lowest BCUT2D eigenvalue weighted by Crippen LogP contribution is -2.04. The summed E-state index contributed by atoms with van der Waals surface area (Å²) in [7, 11) is 0. The number of thioether (sulfide) groups is 2. The lowest BCUT2D eigenvalue weighted by atomic mass is 10.1. The molecule has 0 spiro atoms. The molecular weight excluding hydrogens is 343 g/mol. The minimum Gasteiger partial charge on any atom is -0.206 e. The summed E-state index contributed by atoms with van der Waals surface area (Å²) in [5, 5.41) is 12.8. The van der Waals surface area contributed by atoms with E-state index < -0.39 is 0 Å². The van der Waals surface area contributed by atoms with E-state index in [0.717, 1.165) is 33.5 Å². The number of rotatable bonds is 6. The minimum atomic E-state index is -0.173. The first-order valence-corrected chi connectivity index (χ1v) is 9.49. The monoisotopic (exact) mass is 360 g/mol. The van der Waals surface area contributed by atoms with Crippen LogP contribution in [0.15, 0.2) is 52.5 Å². The largest absolute Gasteiger partial charge is 0.214 e. The Balaban J connectivity index is 1.65. The van der Waals surface area contributed by atoms with Crippen molar-refractivity contribution in [2.24, 2.45) is 0 Å². The Morgan fingerprint density at radius 1 is 0.958 bits per heavy atom. The van der Waals surface area contributed by atoms with E-state index in [0.29, 0.717) is 4.90 Å². The molecule has 0 aliphatic heterocycles. The van der Waals surface area contributed by atoms with Crippen molar-refractivity contribution < 1.29 is 4.39 Å². The third kappa shape index (κ3) is 3.79. The van der Waals surface area contributed by atoms with Gasteiger partial charge in [-0.25, -0.2) is 4.39 Å². The molecule has 0 aliphatic rings. The van der Waals surface area contributed by atoms with Crippen LogP contribution in [0.25, 0.3) is 5.69 Å². The summed E-state index contributed by atoms with van der Waals surface area (Å²) >= 11 is 3.08. The van der Waals surface area contributed by atoms with Gasteiger partial charge in [0.05, 0.1) is 5.69 Å². The van der Waals surface area contributed by atoms with Crippen molar-refractivity contribution in [1.29, 1.82) is 0 Å². The topological polar surface area (TPSA) is 43.6 Å². The van der Waals surface area contributed by atoms with Gasteiger partial charge in [0.2, 0.25) is 5.16 Å². The van der Waals surface area contributed by atoms with Crippen molar-refractivity contribution in [3.05, 3.63) is 59.4 Å². The molecule has 0 atom stereocenters. The maximum absolute atomic E-state index is 13.6. The standard InChI is InChI=1S/C17H17FN4S2/c1-12-6-5-7-13(2)16(12)22-17(19-20-21-22)24-11-10-23-15-9-4-3-8-14(15)18/h3-9H,10-11H2,1-2H3. The quantitative estimate of drug-likeness (QED) is 0.484. The average Bonchev–Trinajstić information content (AvgIpc) is 3.01. The van der Waals surface area contributed by atoms with E-state index in [4.69, 9.17) is 0 Å². The highest BCUT2D eigenvalue weighted by Crippen LogP contribution is 2.26. The number of aromatic nitrogens is 4. The number of nitrogens with zero attached hydrogens (tertiary/aromatic N) is 4. The van der Waals surface area contributed by atoms with Crippen molar-refractivity contribution in [2.75, 3.05) is 11.5 Å². The van der Waals surface area contributed by atoms with Crippen molar-refractivity contribution in [2.45, 2.75) is 23.9 Å². The maximum Gasteiger partial charge on any atom is 0.214 e. The smallest absolute Gasteiger partial charge is 0.206 e. The zero-order chi connectivity index (χ0) is 16.9. The summed E-state index contributed by atoms with van der Waals surface area (Å²) in [6.45, 7) is 4.10. The van der Waals surface area contributed by atoms with E-state index in [9.17, 15) is 4.39 Å². The first kappa shape index (κ1) is 17.0. The second kappa shape index (κ2) is 7.81. The molecule has 0 amide bonds. The van der Waals surface area contributed by atoms with Crippen LogP contribution >= 0.6 is 23.5 Å². The number of hydrogen-bond donors (Lipinski definition) is 0. The lowest BCUT2D eigenvalue weighted by molar-refractivity contribution is 0.602. The predicted molar refractivity (Wildman–Crippen MR) is 96.5 cm³/mol. The fraction of sp³-hybridized carbons (Fsp3) is 0.235. The van der Waals surface area contributed by atoms with E-state index in [1.165, 1.54) is 17.8 Å². The molecule has 0 aliphatic carbocycles. The Bertz CT molecular complexity index is 815. The molecule has 1 heterocycles. The second-order valence-electron chi connectivity index (χ2n) is 5.24. The van der Waals surface area contributed by atoms with E-state index >= 15 is 0 Å². The molecule has 0 bridgehead atoms. The van der Waals surface area contributed by atoms with Gasteiger partial charge in [-0.3, -0.25) is 0 Å². The Labute approximate surface area is 148 Å². The third-order valence-corrected chi connectivity index (χ3v) is 5.73. The van der Waals surface area contributed by atoms with Gasteiger partial charge < -0.3 is 0 Å². The summed E-state index contributed by atoms with van der Waals surface area (Å²) in [5.74, 6) is 1.41. The van der Waals surface area contributed by atoms with Crippen molar-refractivity contribution in [1.82, 2.24) is 20.2 Å². The number of hydrogen-bond acceptors (Lipinski definition) is 5. The molecule has 7 heteroatoms. The molecule has 0 N–H and O–H groups in total. The van der Waals surface area contributed by atoms with Crippen molar-refractivity contribution in [3.63, 3.8) is 0 Å². The second-order valence-corrected chi connectivity index (χ2v) is 7.44. The van der Waals surface area contributed by atoms with Crippen LogP contribution in [0, 0.1) is 19.7 Å². The number of tetrazole rings is 1. The van der Waals surface area contributed by atoms with Crippen LogP contribution in [-0.4, -0.2) is 31.7 Å². The number of halogens is 1. The van der Waals surface area contributed by atoms with E-state index in [-0.39, 0.29) is 5.82 Å². The number of benzene rings is 2. The Hall–Kier alpha value is -1.86. The maximum atomic E-state index is 13.6. The molecule has 0 fully saturated rings. The van der Waals surface area contributed by atoms with Gasteiger partial charge in [-0.05, 0) is 47.5 Å². The molecule has 2 aromatic carbocycles. The highest BCUT2D eigenvalue weighted by Gasteiger charge is 2.13. The van der Waals surface area contributed by atoms with E-state index in [2.05, 4.69) is 15.5 Å². The number of aryl methyl sites for hydroxylation is 2. The first-order valence-electron chi connectivity index (χ1n) is 7.52. The molecule has 0 saturated heterocycles. The highest BCUT2D eigenvalue weighted by molar-refractivity contribution is 8.02. The van der Waals surface area contributed by atoms with Crippen molar-refractivity contribution >= 4 is 23.5 Å². The molecular formula is C17H17FN4S2. The van der Waals surface area contributed by atoms with Gasteiger partial charge in [0.1, 0.15) is 5.82 Å². The average molecular weight is 360 g/mol. The van der Waals surface area contributed by atoms with Crippen LogP contribution in [0.3, 0.4) is 0 Å². The summed E-state index contributed by atoms with van der Waals surface area (Å²) < 4.78 is 15.4. The van der Waals surface area contributed by atoms with Crippen LogP contribution in [-0.2, 0) is 0 Å². The van der Waals surface area contributed by atoms with Gasteiger partial charge in [0, 0.05) is 16.4 Å². The molecule has 0 saturated carbocycles. The highest BCUT2D eigenvalue weighted by atomic mass is 32.2. The molecule has 4 nitrogen and oxygen atoms in total. The fourth-order valence-electron chi connectivity index (χ4n) is 2.40. The SMILES string of the molecule is Cc1cccc(C)c1-n1nnnc1SCCSc1ccccc1F. The van der Waals surface area contributed by atoms with Crippen LogP contribution in [0.1, 0.15) is 11.1 Å². The molecule has 1 aromatic heterocycles. The molecule has 3 rings (SSSR count). The minimum absolute atomic E-state index is 0.173. The van der Waals surface area contributed by atoms with Crippen LogP contribution in [0.5, 0.6) is 0 Å². The summed E-state index contributed by atoms with van der Waals surface area (Å²) in [6, 6.07) is 12.9. The van der Waals surface area contributed by atoms with Gasteiger partial charge in [-0.1, -0.05) is 42.1 Å². The fourth-order valence-corrected chi connectivity index (χ4v) is 4.19. The summed E-state index contributed by atoms with van der Waals surface area (Å²) in [5.41, 5.74) is 3.28.